The second-order valence-electron chi connectivity index (χ2n) is 9.73. The molecule has 0 aliphatic carbocycles. The maximum Gasteiger partial charge on any atom is 0.171 e. The number of aromatic nitrogens is 1. The highest BCUT2D eigenvalue weighted by atomic mass is 31.1. The zero-order chi connectivity index (χ0) is 23.7. The second-order valence-corrected chi connectivity index (χ2v) is 11.3. The summed E-state index contributed by atoms with van der Waals surface area (Å²) < 4.78 is 0. The summed E-state index contributed by atoms with van der Waals surface area (Å²) in [6, 6.07) is 35.7. The highest BCUT2D eigenvalue weighted by Gasteiger charge is 2.37. The Bertz CT molecular complexity index is 1810. The van der Waals surface area contributed by atoms with Crippen molar-refractivity contribution in [2.24, 2.45) is 0 Å². The molecule has 0 spiro atoms. The first kappa shape index (κ1) is 20.6. The van der Waals surface area contributed by atoms with Crippen molar-refractivity contribution in [1.82, 2.24) is 4.98 Å². The molecule has 35 heavy (non-hydrogen) atoms. The van der Waals surface area contributed by atoms with E-state index < -0.39 is 7.76 Å². The van der Waals surface area contributed by atoms with Crippen LogP contribution in [0.1, 0.15) is 25.0 Å². The molecule has 4 heteroatoms. The van der Waals surface area contributed by atoms with Crippen molar-refractivity contribution >= 4 is 56.9 Å². The van der Waals surface area contributed by atoms with Gasteiger partial charge in [0.05, 0.1) is 11.4 Å². The number of nitrogens with zero attached hydrogens (tertiary/aromatic N) is 2. The number of para-hydroxylation sites is 2. The van der Waals surface area contributed by atoms with Gasteiger partial charge in [-0.3, -0.25) is 0 Å². The van der Waals surface area contributed by atoms with Gasteiger partial charge in [-0.05, 0) is 52.9 Å². The van der Waals surface area contributed by atoms with Crippen LogP contribution in [0, 0.1) is 0 Å². The van der Waals surface area contributed by atoms with Crippen molar-refractivity contribution in [2.75, 3.05) is 4.90 Å². The van der Waals surface area contributed by atoms with Crippen molar-refractivity contribution in [2.45, 2.75) is 19.3 Å². The minimum Gasteiger partial charge on any atom is -0.625 e. The Morgan fingerprint density at radius 2 is 1.46 bits per heavy atom. The molecular weight excluding hydrogens is 447 g/mol. The standard InChI is InChI=1S/C31H23N2OP/c1-31(2)23-11-5-7-13-27(23)33(30-22-10-4-3-9-20(22)15-17-24(30)31)21-16-18-29-26(19-21)32-25-12-6-8-14-28(25)35(29)34/h3-19H,1-2H3. The number of benzene rings is 5. The van der Waals surface area contributed by atoms with E-state index in [-0.39, 0.29) is 5.41 Å². The lowest BCUT2D eigenvalue weighted by Gasteiger charge is -2.42. The van der Waals surface area contributed by atoms with Gasteiger partial charge in [-0.2, -0.15) is 0 Å². The molecule has 1 aliphatic heterocycles. The van der Waals surface area contributed by atoms with Crippen LogP contribution >= 0.6 is 7.76 Å². The largest absolute Gasteiger partial charge is 0.625 e. The fourth-order valence-electron chi connectivity index (χ4n) is 5.63. The van der Waals surface area contributed by atoms with Crippen LogP contribution in [-0.4, -0.2) is 4.98 Å². The van der Waals surface area contributed by atoms with Crippen LogP contribution in [0.2, 0.25) is 0 Å². The number of hydrogen-bond donors (Lipinski definition) is 0. The van der Waals surface area contributed by atoms with Gasteiger partial charge in [-0.15, -0.1) is 0 Å². The number of hydrogen-bond acceptors (Lipinski definition) is 3. The average Bonchev–Trinajstić information content (AvgIpc) is 2.89. The molecule has 0 bridgehead atoms. The lowest BCUT2D eigenvalue weighted by atomic mass is 9.72. The van der Waals surface area contributed by atoms with Crippen LogP contribution in [-0.2, 0) is 5.41 Å². The van der Waals surface area contributed by atoms with Gasteiger partial charge in [0.2, 0.25) is 0 Å². The summed E-state index contributed by atoms with van der Waals surface area (Å²) in [5.74, 6) is 0. The zero-order valence-electron chi connectivity index (χ0n) is 19.6. The van der Waals surface area contributed by atoms with Gasteiger partial charge in [0.15, 0.2) is 10.2 Å². The quantitative estimate of drug-likeness (QED) is 0.228. The van der Waals surface area contributed by atoms with Crippen LogP contribution < -0.4 is 9.79 Å². The van der Waals surface area contributed by atoms with E-state index in [1.165, 1.54) is 33.3 Å². The lowest BCUT2D eigenvalue weighted by Crippen LogP contribution is -2.30. The number of fused-ring (bicyclic) bond motifs is 6. The Labute approximate surface area is 205 Å². The topological polar surface area (TPSA) is 39.2 Å². The predicted octanol–water partition coefficient (Wildman–Crippen LogP) is 8.04. The van der Waals surface area contributed by atoms with Gasteiger partial charge in [0.1, 0.15) is 18.8 Å². The van der Waals surface area contributed by atoms with Gasteiger partial charge in [0.25, 0.3) is 0 Å². The minimum absolute atomic E-state index is 0.146. The molecule has 1 unspecified atom stereocenters. The number of anilines is 3. The fourth-order valence-corrected chi connectivity index (χ4v) is 6.98. The van der Waals surface area contributed by atoms with Crippen LogP contribution in [0.5, 0.6) is 0 Å². The molecule has 1 aromatic heterocycles. The molecule has 0 radical (unpaired) electrons. The molecule has 2 heterocycles. The van der Waals surface area contributed by atoms with E-state index in [1.807, 2.05) is 30.3 Å². The van der Waals surface area contributed by atoms with Crippen molar-refractivity contribution in [3.8, 4) is 0 Å². The second kappa shape index (κ2) is 7.36. The summed E-state index contributed by atoms with van der Waals surface area (Å²) in [6.07, 6.45) is 0. The molecule has 3 nitrogen and oxygen atoms in total. The van der Waals surface area contributed by atoms with E-state index in [1.54, 1.807) is 0 Å². The van der Waals surface area contributed by atoms with E-state index in [4.69, 9.17) is 4.98 Å². The SMILES string of the molecule is CC1(C)c2ccccc2N(c2ccc3c(c2)nc2ccccc2[p+]3[O-])c2c1ccc1ccccc21. The van der Waals surface area contributed by atoms with E-state index in [0.29, 0.717) is 0 Å². The van der Waals surface area contributed by atoms with E-state index in [9.17, 15) is 4.89 Å². The van der Waals surface area contributed by atoms with Gasteiger partial charge in [-0.1, -0.05) is 80.6 Å². The van der Waals surface area contributed by atoms with Crippen molar-refractivity contribution in [1.29, 1.82) is 0 Å². The Balaban J connectivity index is 1.57. The third kappa shape index (κ3) is 2.89. The lowest BCUT2D eigenvalue weighted by molar-refractivity contribution is -0.148. The van der Waals surface area contributed by atoms with E-state index in [0.717, 1.165) is 27.0 Å². The van der Waals surface area contributed by atoms with Crippen molar-refractivity contribution < 1.29 is 4.89 Å². The molecule has 0 N–H and O–H groups in total. The summed E-state index contributed by atoms with van der Waals surface area (Å²) in [5.41, 5.74) is 7.41. The highest BCUT2D eigenvalue weighted by molar-refractivity contribution is 7.53. The van der Waals surface area contributed by atoms with Gasteiger partial charge in [0, 0.05) is 16.5 Å². The molecule has 6 aromatic rings. The van der Waals surface area contributed by atoms with Crippen molar-refractivity contribution in [3.63, 3.8) is 0 Å². The summed E-state index contributed by atoms with van der Waals surface area (Å²) >= 11 is 0. The Morgan fingerprint density at radius 3 is 2.37 bits per heavy atom. The molecule has 0 fully saturated rings. The fraction of sp³-hybridized carbons (Fsp3) is 0.0968. The molecule has 0 saturated carbocycles. The summed E-state index contributed by atoms with van der Waals surface area (Å²) in [6.45, 7) is 4.61. The molecule has 5 aromatic carbocycles. The molecule has 0 amide bonds. The summed E-state index contributed by atoms with van der Waals surface area (Å²) in [7, 11) is -1.66. The first-order valence-electron chi connectivity index (χ1n) is 11.9. The molecule has 0 saturated heterocycles. The molecule has 1 aliphatic rings. The zero-order valence-corrected chi connectivity index (χ0v) is 20.5. The van der Waals surface area contributed by atoms with Crippen LogP contribution in [0.4, 0.5) is 17.1 Å². The van der Waals surface area contributed by atoms with Crippen LogP contribution in [0.15, 0.2) is 103 Å². The molecule has 7 rings (SSSR count). The molecule has 168 valence electrons. The third-order valence-corrected chi connectivity index (χ3v) is 9.02. The smallest absolute Gasteiger partial charge is 0.171 e. The summed E-state index contributed by atoms with van der Waals surface area (Å²) in [5, 5.41) is 4.04. The highest BCUT2D eigenvalue weighted by Crippen LogP contribution is 2.54. The molecular formula is C31H23N2OP. The van der Waals surface area contributed by atoms with Gasteiger partial charge >= 0.3 is 0 Å². The maximum absolute atomic E-state index is 13.3. The summed E-state index contributed by atoms with van der Waals surface area (Å²) in [4.78, 5) is 20.6. The van der Waals surface area contributed by atoms with Crippen molar-refractivity contribution in [3.05, 3.63) is 114 Å². The number of rotatable bonds is 1. The third-order valence-electron chi connectivity index (χ3n) is 7.39. The Hall–Kier alpha value is -3.78. The minimum atomic E-state index is -1.66. The maximum atomic E-state index is 13.3. The van der Waals surface area contributed by atoms with Crippen LogP contribution in [0.3, 0.4) is 0 Å². The normalized spacial score (nSPS) is 14.8. The monoisotopic (exact) mass is 470 g/mol. The van der Waals surface area contributed by atoms with Gasteiger partial charge < -0.3 is 9.79 Å². The van der Waals surface area contributed by atoms with E-state index >= 15 is 0 Å². The van der Waals surface area contributed by atoms with E-state index in [2.05, 4.69) is 91.5 Å². The van der Waals surface area contributed by atoms with Crippen LogP contribution in [0.25, 0.3) is 32.0 Å². The first-order valence-corrected chi connectivity index (χ1v) is 13.1. The predicted molar refractivity (Wildman–Crippen MR) is 146 cm³/mol. The Morgan fingerprint density at radius 1 is 0.714 bits per heavy atom. The first-order chi connectivity index (χ1) is 17.0. The van der Waals surface area contributed by atoms with Gasteiger partial charge in [-0.25, -0.2) is 4.98 Å². The average molecular weight is 471 g/mol. The Kier molecular flexibility index (Phi) is 4.33. The molecule has 1 atom stereocenters.